The van der Waals surface area contributed by atoms with Crippen LogP contribution in [0.4, 0.5) is 12.9 Å². The molecule has 0 spiro atoms. The van der Waals surface area contributed by atoms with Crippen LogP contribution in [-0.4, -0.2) is 50.3 Å². The van der Waals surface area contributed by atoms with E-state index in [1.165, 1.54) is 12.1 Å². The normalized spacial score (nSPS) is 19.8. The molecule has 0 aliphatic carbocycles. The molecule has 1 aromatic rings. The van der Waals surface area contributed by atoms with Gasteiger partial charge < -0.3 is 22.4 Å². The van der Waals surface area contributed by atoms with E-state index in [1.54, 1.807) is 0 Å². The molecule has 1 fully saturated rings. The molecule has 2 rings (SSSR count). The van der Waals surface area contributed by atoms with E-state index >= 15 is 0 Å². The van der Waals surface area contributed by atoms with Gasteiger partial charge in [-0.2, -0.15) is 0 Å². The molecule has 0 amide bonds. The van der Waals surface area contributed by atoms with E-state index in [4.69, 9.17) is 9.47 Å². The van der Waals surface area contributed by atoms with Crippen LogP contribution in [0.25, 0.3) is 0 Å². The Kier molecular flexibility index (Phi) is 8.43. The number of morpholine rings is 1. The maximum Gasteiger partial charge on any atom is 1.00 e. The van der Waals surface area contributed by atoms with Crippen LogP contribution in [0.5, 0.6) is 5.75 Å². The standard InChI is InChI=1S/C14H20BF3NO2.K/c1-11(2)19-7-8-20-14(9-19)10-21-13-5-3-12(4-6-13)15(16,17)18;/h3-6,11,14H,7-10H2,1-2H3;/q-1;+1. The summed E-state index contributed by atoms with van der Waals surface area (Å²) in [6.07, 6.45) is -0.0485. The molecule has 8 heteroatoms. The van der Waals surface area contributed by atoms with Crippen LogP contribution >= 0.6 is 0 Å². The second kappa shape index (κ2) is 9.06. The van der Waals surface area contributed by atoms with Crippen LogP contribution in [0.15, 0.2) is 24.3 Å². The van der Waals surface area contributed by atoms with Crippen LogP contribution in [0, 0.1) is 0 Å². The predicted octanol–water partition coefficient (Wildman–Crippen LogP) is -0.767. The number of hydrogen-bond donors (Lipinski definition) is 0. The third kappa shape index (κ3) is 6.15. The van der Waals surface area contributed by atoms with Gasteiger partial charge >= 0.3 is 58.4 Å². The average molecular weight is 341 g/mol. The van der Waals surface area contributed by atoms with Gasteiger partial charge in [0.25, 0.3) is 0 Å². The summed E-state index contributed by atoms with van der Waals surface area (Å²) in [5, 5.41) is 0. The first kappa shape index (κ1) is 20.5. The van der Waals surface area contributed by atoms with Gasteiger partial charge in [-0.3, -0.25) is 4.90 Å². The smallest absolute Gasteiger partial charge is 0.491 e. The molecule has 0 N–H and O–H groups in total. The minimum Gasteiger partial charge on any atom is -0.491 e. The van der Waals surface area contributed by atoms with Crippen LogP contribution in [0.1, 0.15) is 13.8 Å². The molecule has 0 radical (unpaired) electrons. The molecular formula is C14H20BF3KNO2. The van der Waals surface area contributed by atoms with E-state index in [0.29, 0.717) is 25.0 Å². The number of rotatable bonds is 5. The minimum absolute atomic E-state index is 0. The van der Waals surface area contributed by atoms with Gasteiger partial charge in [-0.25, -0.2) is 0 Å². The van der Waals surface area contributed by atoms with Crippen molar-refractivity contribution in [2.45, 2.75) is 26.0 Å². The first-order valence-electron chi connectivity index (χ1n) is 7.14. The van der Waals surface area contributed by atoms with Crippen LogP contribution in [-0.2, 0) is 4.74 Å². The fourth-order valence-electron chi connectivity index (χ4n) is 2.28. The van der Waals surface area contributed by atoms with E-state index < -0.39 is 12.4 Å². The van der Waals surface area contributed by atoms with Gasteiger partial charge in [0, 0.05) is 19.1 Å². The minimum atomic E-state index is -4.95. The van der Waals surface area contributed by atoms with Crippen molar-refractivity contribution in [3.63, 3.8) is 0 Å². The van der Waals surface area contributed by atoms with E-state index in [1.807, 2.05) is 0 Å². The van der Waals surface area contributed by atoms with Crippen molar-refractivity contribution in [1.29, 1.82) is 0 Å². The molecule has 1 atom stereocenters. The summed E-state index contributed by atoms with van der Waals surface area (Å²) in [5.74, 6) is 0.434. The number of ether oxygens (including phenoxy) is 2. The van der Waals surface area contributed by atoms with Crippen LogP contribution in [0.2, 0.25) is 0 Å². The zero-order valence-corrected chi connectivity index (χ0v) is 16.4. The largest absolute Gasteiger partial charge is 1.00 e. The Balaban J connectivity index is 0.00000242. The Labute approximate surface area is 172 Å². The van der Waals surface area contributed by atoms with Crippen molar-refractivity contribution in [2.75, 3.05) is 26.3 Å². The monoisotopic (exact) mass is 341 g/mol. The first-order valence-corrected chi connectivity index (χ1v) is 7.14. The van der Waals surface area contributed by atoms with E-state index in [-0.39, 0.29) is 57.5 Å². The Morgan fingerprint density at radius 1 is 1.27 bits per heavy atom. The van der Waals surface area contributed by atoms with Gasteiger partial charge in [-0.1, -0.05) is 12.1 Å². The number of benzene rings is 1. The Bertz CT molecular complexity index is 456. The first-order chi connectivity index (χ1) is 9.86. The molecule has 1 aliphatic heterocycles. The summed E-state index contributed by atoms with van der Waals surface area (Å²) in [6.45, 7) is 1.98. The van der Waals surface area contributed by atoms with Gasteiger partial charge in [0.05, 0.1) is 6.61 Å². The molecule has 118 valence electrons. The average Bonchev–Trinajstić information content (AvgIpc) is 2.45. The molecular weight excluding hydrogens is 321 g/mol. The number of halogens is 3. The zero-order valence-electron chi connectivity index (χ0n) is 13.3. The summed E-state index contributed by atoms with van der Waals surface area (Å²) in [6, 6.07) is 5.26. The second-order valence-electron chi connectivity index (χ2n) is 5.54. The molecule has 1 heterocycles. The summed E-state index contributed by atoms with van der Waals surface area (Å²) in [4.78, 5) is 2.30. The Morgan fingerprint density at radius 2 is 1.91 bits per heavy atom. The predicted molar refractivity (Wildman–Crippen MR) is 77.1 cm³/mol. The van der Waals surface area contributed by atoms with E-state index in [0.717, 1.165) is 25.2 Å². The maximum absolute atomic E-state index is 12.5. The van der Waals surface area contributed by atoms with Crippen molar-refractivity contribution < 1.29 is 73.8 Å². The number of nitrogens with zero attached hydrogens (tertiary/aromatic N) is 1. The van der Waals surface area contributed by atoms with Gasteiger partial charge in [0.2, 0.25) is 0 Å². The quantitative estimate of drug-likeness (QED) is 0.657. The third-order valence-electron chi connectivity index (χ3n) is 3.59. The maximum atomic E-state index is 12.5. The van der Waals surface area contributed by atoms with Crippen molar-refractivity contribution in [2.24, 2.45) is 0 Å². The van der Waals surface area contributed by atoms with Gasteiger partial charge in [-0.15, -0.1) is 5.46 Å². The molecule has 1 saturated heterocycles. The van der Waals surface area contributed by atoms with Gasteiger partial charge in [0.15, 0.2) is 0 Å². The van der Waals surface area contributed by atoms with Crippen LogP contribution < -0.4 is 61.6 Å². The molecule has 1 aromatic carbocycles. The van der Waals surface area contributed by atoms with Gasteiger partial charge in [0.1, 0.15) is 18.5 Å². The summed E-state index contributed by atoms with van der Waals surface area (Å²) < 4.78 is 48.7. The molecule has 0 saturated carbocycles. The topological polar surface area (TPSA) is 21.7 Å². The zero-order chi connectivity index (χ0) is 15.5. The van der Waals surface area contributed by atoms with Crippen molar-refractivity contribution in [3.05, 3.63) is 24.3 Å². The molecule has 0 aromatic heterocycles. The molecule has 1 aliphatic rings. The molecule has 0 bridgehead atoms. The SMILES string of the molecule is CC(C)N1CCOC(COc2ccc([B-](F)(F)F)cc2)C1.[K+]. The molecule has 1 unspecified atom stereocenters. The molecule has 22 heavy (non-hydrogen) atoms. The van der Waals surface area contributed by atoms with E-state index in [2.05, 4.69) is 18.7 Å². The Hall–Kier alpha value is 0.431. The van der Waals surface area contributed by atoms with E-state index in [9.17, 15) is 12.9 Å². The summed E-state index contributed by atoms with van der Waals surface area (Å²) in [7, 11) is 0. The van der Waals surface area contributed by atoms with Crippen LogP contribution in [0.3, 0.4) is 0 Å². The number of hydrogen-bond acceptors (Lipinski definition) is 3. The summed E-state index contributed by atoms with van der Waals surface area (Å²) >= 11 is 0. The Morgan fingerprint density at radius 3 is 2.45 bits per heavy atom. The summed E-state index contributed by atoms with van der Waals surface area (Å²) in [5.41, 5.74) is -0.609. The fraction of sp³-hybridized carbons (Fsp3) is 0.571. The fourth-order valence-corrected chi connectivity index (χ4v) is 2.28. The van der Waals surface area contributed by atoms with Crippen molar-refractivity contribution in [1.82, 2.24) is 4.90 Å². The van der Waals surface area contributed by atoms with Crippen molar-refractivity contribution in [3.8, 4) is 5.75 Å². The van der Waals surface area contributed by atoms with Crippen molar-refractivity contribution >= 4 is 12.4 Å². The molecule has 3 nitrogen and oxygen atoms in total. The third-order valence-corrected chi connectivity index (χ3v) is 3.59. The van der Waals surface area contributed by atoms with Gasteiger partial charge in [-0.05, 0) is 26.0 Å². The second-order valence-corrected chi connectivity index (χ2v) is 5.54.